The molecular weight excluding hydrogens is 965 g/mol. The first-order valence-electron chi connectivity index (χ1n) is 25.7. The summed E-state index contributed by atoms with van der Waals surface area (Å²) in [7, 11) is 3.13. The second-order valence-corrected chi connectivity index (χ2v) is 18.6. The molecule has 396 valence electrons. The topological polar surface area (TPSA) is 128 Å². The molecule has 13 heteroatoms. The van der Waals surface area contributed by atoms with Gasteiger partial charge in [-0.15, -0.1) is 0 Å². The smallest absolute Gasteiger partial charge is 0.338 e. The van der Waals surface area contributed by atoms with Gasteiger partial charge in [-0.2, -0.15) is 0 Å². The van der Waals surface area contributed by atoms with Crippen molar-refractivity contribution in [2.45, 2.75) is 101 Å². The van der Waals surface area contributed by atoms with Gasteiger partial charge in [-0.1, -0.05) is 182 Å². The van der Waals surface area contributed by atoms with Crippen LogP contribution in [0.25, 0.3) is 0 Å². The van der Waals surface area contributed by atoms with Crippen molar-refractivity contribution >= 4 is 5.97 Å². The minimum atomic E-state index is -1.24. The summed E-state index contributed by atoms with van der Waals surface area (Å²) < 4.78 is 80.3. The Hall–Kier alpha value is -6.59. The molecule has 0 aromatic heterocycles. The number of esters is 1. The van der Waals surface area contributed by atoms with E-state index in [-0.39, 0.29) is 46.2 Å². The second kappa shape index (κ2) is 28.5. The Labute approximate surface area is 445 Å². The highest BCUT2D eigenvalue weighted by Gasteiger charge is 2.55. The van der Waals surface area contributed by atoms with Crippen molar-refractivity contribution in [3.05, 3.63) is 245 Å². The fourth-order valence-corrected chi connectivity index (χ4v) is 9.24. The van der Waals surface area contributed by atoms with Crippen LogP contribution in [-0.4, -0.2) is 94.8 Å². The number of carbonyl (C=O) groups is 1. The van der Waals surface area contributed by atoms with Crippen LogP contribution >= 0.6 is 0 Å². The van der Waals surface area contributed by atoms with Gasteiger partial charge >= 0.3 is 5.97 Å². The van der Waals surface area contributed by atoms with Gasteiger partial charge in [0.15, 0.2) is 18.7 Å². The van der Waals surface area contributed by atoms with Crippen LogP contribution < -0.4 is 4.74 Å². The molecule has 2 fully saturated rings. The zero-order valence-electron chi connectivity index (χ0n) is 42.9. The number of ether oxygens (including phenoxy) is 12. The maximum absolute atomic E-state index is 14.4. The van der Waals surface area contributed by atoms with Crippen molar-refractivity contribution in [1.29, 1.82) is 0 Å². The Morgan fingerprint density at radius 2 is 0.737 bits per heavy atom. The molecule has 7 aromatic rings. The van der Waals surface area contributed by atoms with Crippen molar-refractivity contribution in [3.63, 3.8) is 0 Å². The summed E-state index contributed by atoms with van der Waals surface area (Å²) in [5.41, 5.74) is 5.92. The van der Waals surface area contributed by atoms with E-state index in [9.17, 15) is 4.79 Å². The van der Waals surface area contributed by atoms with Gasteiger partial charge in [0, 0.05) is 7.11 Å². The first-order chi connectivity index (χ1) is 37.5. The molecule has 0 N–H and O–H groups in total. The molecule has 76 heavy (non-hydrogen) atoms. The number of hydrogen-bond donors (Lipinski definition) is 0. The number of hydrogen-bond acceptors (Lipinski definition) is 13. The third-order valence-corrected chi connectivity index (χ3v) is 13.2. The second-order valence-electron chi connectivity index (χ2n) is 18.6. The summed E-state index contributed by atoms with van der Waals surface area (Å²) >= 11 is 0. The lowest BCUT2D eigenvalue weighted by molar-refractivity contribution is -0.378. The Morgan fingerprint density at radius 3 is 1.14 bits per heavy atom. The first kappa shape index (κ1) is 54.2. The van der Waals surface area contributed by atoms with Gasteiger partial charge in [0.05, 0.1) is 65.5 Å². The molecule has 0 saturated carbocycles. The summed E-state index contributed by atoms with van der Waals surface area (Å²) in [5, 5.41) is 0. The van der Waals surface area contributed by atoms with Crippen molar-refractivity contribution in [2.24, 2.45) is 0 Å². The molecule has 7 aromatic carbocycles. The zero-order valence-corrected chi connectivity index (χ0v) is 42.9. The number of rotatable bonds is 26. The largest absolute Gasteiger partial charge is 0.497 e. The highest BCUT2D eigenvalue weighted by atomic mass is 16.8. The summed E-state index contributed by atoms with van der Waals surface area (Å²) in [6.45, 7) is 1.41. The molecule has 0 radical (unpaired) electrons. The van der Waals surface area contributed by atoms with E-state index in [1.165, 1.54) is 0 Å². The summed E-state index contributed by atoms with van der Waals surface area (Å²) in [5.74, 6) is -0.0127. The fraction of sp³-hybridized carbons (Fsp3) is 0.317. The van der Waals surface area contributed by atoms with Crippen LogP contribution in [0, 0.1) is 0 Å². The van der Waals surface area contributed by atoms with Gasteiger partial charge in [0.1, 0.15) is 48.5 Å². The monoisotopic (exact) mass is 1030 g/mol. The molecule has 0 bridgehead atoms. The van der Waals surface area contributed by atoms with Gasteiger partial charge < -0.3 is 56.8 Å². The maximum atomic E-state index is 14.4. The van der Waals surface area contributed by atoms with E-state index in [1.807, 2.05) is 182 Å². The Balaban J connectivity index is 1.10. The summed E-state index contributed by atoms with van der Waals surface area (Å²) in [6, 6.07) is 65.9. The molecule has 9 rings (SSSR count). The highest BCUT2D eigenvalue weighted by Crippen LogP contribution is 2.37. The number of methoxy groups -OCH3 is 2. The van der Waals surface area contributed by atoms with E-state index in [0.717, 1.165) is 33.4 Å². The van der Waals surface area contributed by atoms with Crippen molar-refractivity contribution < 1.29 is 61.6 Å². The fourth-order valence-electron chi connectivity index (χ4n) is 9.24. The normalized spacial score (nSPS) is 23.4. The Bertz CT molecular complexity index is 2720. The number of carbonyl (C=O) groups excluding carboxylic acids is 1. The van der Waals surface area contributed by atoms with Crippen molar-refractivity contribution in [2.75, 3.05) is 27.4 Å². The molecular formula is C63H66O13. The van der Waals surface area contributed by atoms with Gasteiger partial charge in [0.2, 0.25) is 0 Å². The van der Waals surface area contributed by atoms with E-state index in [0.29, 0.717) is 17.9 Å². The lowest BCUT2D eigenvalue weighted by atomic mass is 9.96. The van der Waals surface area contributed by atoms with E-state index < -0.39 is 67.4 Å². The standard InChI is InChI=1S/C63H66O13/c1-65-52-35-33-51(34-36-52)61(64)75-56-54(44-68-38-46-23-11-4-12-24-46)74-63(59(72-42-50-31-19-8-20-32-50)58(56)71-41-49-29-17-7-18-30-49)76-60-57(70-40-48-27-15-6-16-28-48)55(69-39-47-25-13-5-14-26-47)53(73-62(60)66-2)43-67-37-45-21-9-3-10-22-45/h3-36,53-60,62-63H,37-44H2,1-2H3/t53-,54-,55-,56-,57+,58+,59+,60-,62+,63+/m1/s1. The predicted molar refractivity (Wildman–Crippen MR) is 284 cm³/mol. The van der Waals surface area contributed by atoms with Crippen LogP contribution in [0.3, 0.4) is 0 Å². The summed E-state index contributed by atoms with van der Waals surface area (Å²) in [4.78, 5) is 14.4. The van der Waals surface area contributed by atoms with E-state index in [4.69, 9.17) is 56.8 Å². The maximum Gasteiger partial charge on any atom is 0.338 e. The lowest BCUT2D eigenvalue weighted by Gasteiger charge is -2.49. The van der Waals surface area contributed by atoms with E-state index >= 15 is 0 Å². The van der Waals surface area contributed by atoms with E-state index in [1.54, 1.807) is 38.5 Å². The molecule has 2 aliphatic heterocycles. The minimum Gasteiger partial charge on any atom is -0.497 e. The summed E-state index contributed by atoms with van der Waals surface area (Å²) in [6.07, 6.45) is -9.71. The molecule has 2 heterocycles. The molecule has 10 atom stereocenters. The van der Waals surface area contributed by atoms with Crippen LogP contribution in [0.5, 0.6) is 5.75 Å². The van der Waals surface area contributed by atoms with Crippen LogP contribution in [-0.2, 0) is 91.7 Å². The molecule has 2 aliphatic rings. The Kier molecular flexibility index (Phi) is 20.3. The lowest BCUT2D eigenvalue weighted by Crippen LogP contribution is -2.66. The van der Waals surface area contributed by atoms with Crippen LogP contribution in [0.2, 0.25) is 0 Å². The third-order valence-electron chi connectivity index (χ3n) is 13.2. The Morgan fingerprint density at radius 1 is 0.382 bits per heavy atom. The number of benzene rings is 7. The molecule has 0 spiro atoms. The molecule has 13 nitrogen and oxygen atoms in total. The molecule has 0 amide bonds. The molecule has 2 saturated heterocycles. The average molecular weight is 1030 g/mol. The third kappa shape index (κ3) is 15.3. The van der Waals surface area contributed by atoms with Crippen LogP contribution in [0.1, 0.15) is 43.7 Å². The first-order valence-corrected chi connectivity index (χ1v) is 25.7. The van der Waals surface area contributed by atoms with Gasteiger partial charge in [0.25, 0.3) is 0 Å². The highest BCUT2D eigenvalue weighted by molar-refractivity contribution is 5.89. The predicted octanol–water partition coefficient (Wildman–Crippen LogP) is 10.5. The SMILES string of the molecule is COc1ccc(C(=O)O[C@H]2[C@H](OCc3ccccc3)[C@H](OCc3ccccc3)[C@H](O[C@H]3[C@@H](OC)O[C@H](COCc4ccccc4)[C@@H](OCc4ccccc4)[C@@H]3OCc3ccccc3)O[C@@H]2COCc2ccccc2)cc1. The molecule has 0 aliphatic carbocycles. The average Bonchev–Trinajstić information content (AvgIpc) is 3.50. The van der Waals surface area contributed by atoms with Crippen molar-refractivity contribution in [3.8, 4) is 5.75 Å². The minimum absolute atomic E-state index is 0.0294. The van der Waals surface area contributed by atoms with Crippen LogP contribution in [0.15, 0.2) is 206 Å². The van der Waals surface area contributed by atoms with Gasteiger partial charge in [-0.25, -0.2) is 4.79 Å². The van der Waals surface area contributed by atoms with Crippen molar-refractivity contribution in [1.82, 2.24) is 0 Å². The quantitative estimate of drug-likeness (QED) is 0.0478. The van der Waals surface area contributed by atoms with Gasteiger partial charge in [-0.05, 0) is 57.6 Å². The molecule has 0 unspecified atom stereocenters. The zero-order chi connectivity index (χ0) is 52.2. The van der Waals surface area contributed by atoms with Crippen LogP contribution in [0.4, 0.5) is 0 Å². The van der Waals surface area contributed by atoms with E-state index in [2.05, 4.69) is 0 Å². The van der Waals surface area contributed by atoms with Gasteiger partial charge in [-0.3, -0.25) is 0 Å².